The fraction of sp³-hybridized carbons (Fsp3) is 0.0833. The van der Waals surface area contributed by atoms with Crippen molar-refractivity contribution >= 4 is 88.2 Å². The van der Waals surface area contributed by atoms with Gasteiger partial charge in [-0.1, -0.05) is 36.4 Å². The van der Waals surface area contributed by atoms with Gasteiger partial charge in [-0.3, -0.25) is 4.98 Å². The minimum Gasteiger partial charge on any atom is -0.261 e. The average molecular weight is 564 g/mol. The van der Waals surface area contributed by atoms with E-state index in [9.17, 15) is 0 Å². The van der Waals surface area contributed by atoms with Gasteiger partial charge < -0.3 is 0 Å². The van der Waals surface area contributed by atoms with E-state index >= 15 is 0 Å². The molecule has 0 unspecified atom stereocenters. The summed E-state index contributed by atoms with van der Waals surface area (Å²) in [5.41, 5.74) is 2.43. The van der Waals surface area contributed by atoms with Gasteiger partial charge in [0.25, 0.3) is 0 Å². The Morgan fingerprint density at radius 1 is 0.684 bits per heavy atom. The maximum atomic E-state index is 4.27. The predicted octanol–water partition coefficient (Wildman–Crippen LogP) is 3.60. The molecule has 2 rings (SSSR count). The summed E-state index contributed by atoms with van der Waals surface area (Å²) in [7, 11) is 0. The van der Waals surface area contributed by atoms with Gasteiger partial charge in [0.1, 0.15) is 0 Å². The Labute approximate surface area is 164 Å². The maximum absolute atomic E-state index is 4.27. The van der Waals surface area contributed by atoms with Crippen LogP contribution in [0.3, 0.4) is 0 Å². The largest absolute Gasteiger partial charge is 0.261 e. The number of benzene rings is 1. The second kappa shape index (κ2) is 18.7. The first kappa shape index (κ1) is 31.9. The minimum atomic E-state index is 0. The maximum Gasteiger partial charge on any atom is 0.0447 e. The Balaban J connectivity index is -0.000000109. The zero-order valence-electron chi connectivity index (χ0n) is 10.1. The van der Waals surface area contributed by atoms with Crippen LogP contribution in [-0.4, -0.2) is 31.2 Å². The molecule has 1 aromatic heterocycles. The number of hydrogen-bond acceptors (Lipinski definition) is 1. The topological polar surface area (TPSA) is 12.9 Å². The second-order valence-corrected chi connectivity index (χ2v) is 2.98. The molecule has 0 aliphatic heterocycles. The van der Waals surface area contributed by atoms with Gasteiger partial charge in [0, 0.05) is 18.3 Å². The molecule has 7 heteroatoms. The van der Waals surface area contributed by atoms with Crippen LogP contribution in [0.25, 0.3) is 0 Å². The first-order valence-electron chi connectivity index (χ1n) is 4.39. The smallest absolute Gasteiger partial charge is 0.0447 e. The first-order chi connectivity index (χ1) is 6.45. The van der Waals surface area contributed by atoms with Gasteiger partial charge in [0.2, 0.25) is 0 Å². The zero-order valence-corrected chi connectivity index (χ0v) is 19.7. The van der Waals surface area contributed by atoms with Crippen molar-refractivity contribution in [2.24, 2.45) is 0 Å². The summed E-state index contributed by atoms with van der Waals surface area (Å²) in [5, 5.41) is 0. The van der Waals surface area contributed by atoms with Crippen LogP contribution in [0.15, 0.2) is 54.7 Å². The monoisotopic (exact) mass is 561 g/mol. The summed E-state index contributed by atoms with van der Waals surface area (Å²) < 4.78 is 0. The molecule has 0 aliphatic rings. The van der Waals surface area contributed by atoms with E-state index in [0.717, 1.165) is 12.1 Å². The van der Waals surface area contributed by atoms with Crippen LogP contribution in [0.1, 0.15) is 11.3 Å². The Hall–Kier alpha value is 0.703. The molecule has 19 heavy (non-hydrogen) atoms. The van der Waals surface area contributed by atoms with Crippen molar-refractivity contribution in [2.45, 2.75) is 6.42 Å². The van der Waals surface area contributed by atoms with Crippen molar-refractivity contribution in [3.63, 3.8) is 0 Å². The molecular weight excluding hydrogens is 544 g/mol. The fourth-order valence-electron chi connectivity index (χ4n) is 1.31. The Kier molecular flexibility index (Phi) is 31.4. The van der Waals surface area contributed by atoms with Gasteiger partial charge in [-0.25, -0.2) is 0 Å². The van der Waals surface area contributed by atoms with Crippen molar-refractivity contribution < 1.29 is 0 Å². The normalized spacial score (nSPS) is 6.74. The van der Waals surface area contributed by atoms with Crippen LogP contribution in [-0.2, 0) is 6.42 Å². The zero-order chi connectivity index (χ0) is 8.93. The number of aromatic nitrogens is 1. The van der Waals surface area contributed by atoms with Crippen LogP contribution < -0.4 is 0 Å². The number of halogens is 5. The van der Waals surface area contributed by atoms with Crippen LogP contribution in [0.2, 0.25) is 0 Å². The minimum absolute atomic E-state index is 0. The molecule has 0 amide bonds. The van der Waals surface area contributed by atoms with E-state index in [1.807, 2.05) is 30.5 Å². The molecule has 1 nitrogen and oxygen atoms in total. The van der Waals surface area contributed by atoms with Gasteiger partial charge in [0.05, 0.1) is 0 Å². The van der Waals surface area contributed by atoms with E-state index in [1.165, 1.54) is 5.56 Å². The summed E-state index contributed by atoms with van der Waals surface area (Å²) >= 11 is 0. The molecule has 1 heterocycles. The summed E-state index contributed by atoms with van der Waals surface area (Å²) in [6.45, 7) is 0. The van der Waals surface area contributed by atoms with Gasteiger partial charge in [-0.2, -0.15) is 0 Å². The van der Waals surface area contributed by atoms with Crippen LogP contribution in [0.4, 0.5) is 0 Å². The molecule has 0 atom stereocenters. The van der Waals surface area contributed by atoms with Crippen molar-refractivity contribution in [2.75, 3.05) is 0 Å². The standard InChI is InChI=1S/C12H11N.Bi.5ClH.3H/c1-2-6-11(7-3-1)10-12-8-4-5-9-13-12;;;;;;;;;/h1-9H,10H2;;5*1H;;;. The third-order valence-electron chi connectivity index (χ3n) is 1.95. The molecule has 112 valence electrons. The summed E-state index contributed by atoms with van der Waals surface area (Å²) in [6, 6.07) is 16.4. The fourth-order valence-corrected chi connectivity index (χ4v) is 1.31. The first-order valence-corrected chi connectivity index (χ1v) is 4.39. The van der Waals surface area contributed by atoms with Crippen LogP contribution in [0, 0.1) is 0 Å². The molecule has 0 saturated carbocycles. The number of pyridine rings is 1. The van der Waals surface area contributed by atoms with E-state index in [1.54, 1.807) is 0 Å². The molecule has 1 aromatic carbocycles. The molecule has 0 fully saturated rings. The van der Waals surface area contributed by atoms with Crippen molar-refractivity contribution in [3.05, 3.63) is 66.0 Å². The van der Waals surface area contributed by atoms with E-state index in [-0.39, 0.29) is 88.2 Å². The third-order valence-corrected chi connectivity index (χ3v) is 1.95. The SMILES string of the molecule is Cl.Cl.Cl.Cl.Cl.[BiH3].c1ccc(Cc2ccccn2)cc1. The summed E-state index contributed by atoms with van der Waals surface area (Å²) in [6.07, 6.45) is 2.75. The van der Waals surface area contributed by atoms with E-state index in [4.69, 9.17) is 0 Å². The van der Waals surface area contributed by atoms with Gasteiger partial charge in [-0.05, 0) is 17.7 Å². The Morgan fingerprint density at radius 2 is 1.21 bits per heavy atom. The van der Waals surface area contributed by atoms with Crippen molar-refractivity contribution in [3.8, 4) is 0 Å². The van der Waals surface area contributed by atoms with E-state index in [2.05, 4.69) is 29.2 Å². The number of rotatable bonds is 2. The predicted molar refractivity (Wildman–Crippen MR) is 99.7 cm³/mol. The van der Waals surface area contributed by atoms with Crippen LogP contribution in [0.5, 0.6) is 0 Å². The molecule has 0 radical (unpaired) electrons. The Bertz CT molecular complexity index is 337. The number of nitrogens with zero attached hydrogens (tertiary/aromatic N) is 1. The van der Waals surface area contributed by atoms with Crippen molar-refractivity contribution in [1.82, 2.24) is 4.98 Å². The molecule has 2 aromatic rings. The third kappa shape index (κ3) is 12.2. The van der Waals surface area contributed by atoms with E-state index in [0.29, 0.717) is 0 Å². The summed E-state index contributed by atoms with van der Waals surface area (Å²) in [5.74, 6) is 0. The number of hydrogen-bond donors (Lipinski definition) is 0. The second-order valence-electron chi connectivity index (χ2n) is 2.98. The molecule has 0 saturated heterocycles. The van der Waals surface area contributed by atoms with E-state index < -0.39 is 0 Å². The molecule has 0 spiro atoms. The molecular formula is C12H19BiCl5N. The molecule has 0 aliphatic carbocycles. The quantitative estimate of drug-likeness (QED) is 0.510. The molecule has 0 N–H and O–H groups in total. The van der Waals surface area contributed by atoms with Gasteiger partial charge >= 0.3 is 26.2 Å². The van der Waals surface area contributed by atoms with Gasteiger partial charge in [0.15, 0.2) is 0 Å². The Morgan fingerprint density at radius 3 is 1.68 bits per heavy atom. The summed E-state index contributed by atoms with van der Waals surface area (Å²) in [4.78, 5) is 4.27. The van der Waals surface area contributed by atoms with Crippen LogP contribution >= 0.6 is 62.0 Å². The van der Waals surface area contributed by atoms with Crippen molar-refractivity contribution in [1.29, 1.82) is 0 Å². The van der Waals surface area contributed by atoms with Gasteiger partial charge in [-0.15, -0.1) is 62.0 Å². The molecule has 0 bridgehead atoms. The average Bonchev–Trinajstić information content (AvgIpc) is 2.21.